The molecular weight excluding hydrogens is 411 g/mol. The number of nitrogens with zero attached hydrogens (tertiary/aromatic N) is 1. The Hall–Kier alpha value is -1.77. The molecule has 2 aromatic rings. The number of hydrogen-bond donors (Lipinski definition) is 1. The summed E-state index contributed by atoms with van der Waals surface area (Å²) >= 11 is 3.28. The third-order valence-electron chi connectivity index (χ3n) is 3.78. The topological polar surface area (TPSA) is 66.5 Å². The van der Waals surface area contributed by atoms with E-state index in [0.717, 1.165) is 0 Å². The first-order chi connectivity index (χ1) is 11.7. The first-order valence-corrected chi connectivity index (χ1v) is 9.67. The van der Waals surface area contributed by atoms with Crippen molar-refractivity contribution in [3.8, 4) is 0 Å². The van der Waals surface area contributed by atoms with E-state index in [-0.39, 0.29) is 22.9 Å². The van der Waals surface area contributed by atoms with Gasteiger partial charge in [-0.1, -0.05) is 22.0 Å². The molecule has 2 aromatic carbocycles. The van der Waals surface area contributed by atoms with Crippen LogP contribution in [0.3, 0.4) is 0 Å². The highest BCUT2D eigenvalue weighted by Crippen LogP contribution is 2.20. The summed E-state index contributed by atoms with van der Waals surface area (Å²) in [5.41, 5.74) is 1.26. The van der Waals surface area contributed by atoms with Crippen molar-refractivity contribution in [3.05, 3.63) is 63.4 Å². The summed E-state index contributed by atoms with van der Waals surface area (Å²) in [5.74, 6) is -0.795. The molecule has 1 amide bonds. The van der Waals surface area contributed by atoms with Crippen LogP contribution in [0.5, 0.6) is 0 Å². The maximum absolute atomic E-state index is 13.9. The number of amides is 1. The van der Waals surface area contributed by atoms with E-state index in [9.17, 15) is 17.6 Å². The van der Waals surface area contributed by atoms with Crippen LogP contribution in [0.4, 0.5) is 4.39 Å². The van der Waals surface area contributed by atoms with Crippen molar-refractivity contribution < 1.29 is 17.6 Å². The molecule has 2 rings (SSSR count). The standard InChI is InChI=1S/C17H18BrFN2O3S/c1-11-4-6-14(25(23,24)20-2)9-15(11)17(22)21(3)10-12-8-13(18)5-7-16(12)19/h4-9,20H,10H2,1-3H3. The van der Waals surface area contributed by atoms with Crippen LogP contribution in [0.25, 0.3) is 0 Å². The number of rotatable bonds is 5. The molecule has 5 nitrogen and oxygen atoms in total. The molecular formula is C17H18BrFN2O3S. The Kier molecular flexibility index (Phi) is 5.97. The number of sulfonamides is 1. The fraction of sp³-hybridized carbons (Fsp3) is 0.235. The van der Waals surface area contributed by atoms with Crippen molar-refractivity contribution in [2.75, 3.05) is 14.1 Å². The summed E-state index contributed by atoms with van der Waals surface area (Å²) in [7, 11) is -0.807. The molecule has 0 saturated heterocycles. The van der Waals surface area contributed by atoms with E-state index in [2.05, 4.69) is 20.7 Å². The number of hydrogen-bond acceptors (Lipinski definition) is 3. The van der Waals surface area contributed by atoms with Crippen LogP contribution in [-0.2, 0) is 16.6 Å². The van der Waals surface area contributed by atoms with Crippen LogP contribution in [-0.4, -0.2) is 33.3 Å². The van der Waals surface area contributed by atoms with E-state index < -0.39 is 15.8 Å². The summed E-state index contributed by atoms with van der Waals surface area (Å²) in [6.07, 6.45) is 0. The molecule has 0 unspecified atom stereocenters. The van der Waals surface area contributed by atoms with Gasteiger partial charge in [-0.05, 0) is 49.9 Å². The predicted octanol–water partition coefficient (Wildman–Crippen LogP) is 3.08. The quantitative estimate of drug-likeness (QED) is 0.795. The number of carbonyl (C=O) groups excluding carboxylic acids is 1. The number of benzene rings is 2. The van der Waals surface area contributed by atoms with Crippen LogP contribution in [0.15, 0.2) is 45.8 Å². The summed E-state index contributed by atoms with van der Waals surface area (Å²) in [6.45, 7) is 1.78. The molecule has 0 heterocycles. The molecule has 0 radical (unpaired) electrons. The molecule has 0 aliphatic carbocycles. The van der Waals surface area contributed by atoms with Gasteiger partial charge < -0.3 is 4.90 Å². The molecule has 0 fully saturated rings. The van der Waals surface area contributed by atoms with Crippen LogP contribution >= 0.6 is 15.9 Å². The molecule has 8 heteroatoms. The van der Waals surface area contributed by atoms with Gasteiger partial charge in [0.05, 0.1) is 4.90 Å². The van der Waals surface area contributed by atoms with Gasteiger partial charge >= 0.3 is 0 Å². The van der Waals surface area contributed by atoms with Crippen LogP contribution in [0.1, 0.15) is 21.5 Å². The fourth-order valence-corrected chi connectivity index (χ4v) is 3.48. The van der Waals surface area contributed by atoms with E-state index in [0.29, 0.717) is 15.6 Å². The van der Waals surface area contributed by atoms with Gasteiger partial charge in [-0.2, -0.15) is 0 Å². The molecule has 0 aliphatic rings. The van der Waals surface area contributed by atoms with Crippen molar-refractivity contribution in [1.29, 1.82) is 0 Å². The SMILES string of the molecule is CNS(=O)(=O)c1ccc(C)c(C(=O)N(C)Cc2cc(Br)ccc2F)c1. The van der Waals surface area contributed by atoms with Crippen molar-refractivity contribution in [3.63, 3.8) is 0 Å². The normalized spacial score (nSPS) is 11.4. The zero-order valence-electron chi connectivity index (χ0n) is 14.0. The second kappa shape index (κ2) is 7.63. The Morgan fingerprint density at radius 2 is 1.92 bits per heavy atom. The Labute approximate surface area is 155 Å². The highest BCUT2D eigenvalue weighted by Gasteiger charge is 2.20. The minimum absolute atomic E-state index is 0.00554. The van der Waals surface area contributed by atoms with E-state index in [4.69, 9.17) is 0 Å². The van der Waals surface area contributed by atoms with E-state index in [1.54, 1.807) is 32.2 Å². The van der Waals surface area contributed by atoms with Crippen LogP contribution < -0.4 is 4.72 Å². The minimum atomic E-state index is -3.65. The molecule has 0 spiro atoms. The lowest BCUT2D eigenvalue weighted by Crippen LogP contribution is -2.28. The average molecular weight is 429 g/mol. The predicted molar refractivity (Wildman–Crippen MR) is 97.3 cm³/mol. The van der Waals surface area contributed by atoms with E-state index in [1.807, 2.05) is 0 Å². The van der Waals surface area contributed by atoms with Gasteiger partial charge in [-0.3, -0.25) is 4.79 Å². The molecule has 0 atom stereocenters. The molecule has 0 aliphatic heterocycles. The fourth-order valence-electron chi connectivity index (χ4n) is 2.31. The summed E-state index contributed by atoms with van der Waals surface area (Å²) in [4.78, 5) is 14.1. The molecule has 134 valence electrons. The third kappa shape index (κ3) is 4.45. The van der Waals surface area contributed by atoms with Gasteiger partial charge in [-0.15, -0.1) is 0 Å². The smallest absolute Gasteiger partial charge is 0.254 e. The summed E-state index contributed by atoms with van der Waals surface area (Å²) in [6, 6.07) is 8.85. The maximum Gasteiger partial charge on any atom is 0.254 e. The van der Waals surface area contributed by atoms with Crippen molar-refractivity contribution in [2.24, 2.45) is 0 Å². The molecule has 0 aromatic heterocycles. The number of halogens is 2. The van der Waals surface area contributed by atoms with Gasteiger partial charge in [0.15, 0.2) is 0 Å². The Balaban J connectivity index is 2.33. The zero-order chi connectivity index (χ0) is 18.8. The Morgan fingerprint density at radius 3 is 2.56 bits per heavy atom. The first kappa shape index (κ1) is 19.6. The largest absolute Gasteiger partial charge is 0.337 e. The molecule has 0 bridgehead atoms. The van der Waals surface area contributed by atoms with Crippen LogP contribution in [0, 0.1) is 12.7 Å². The number of carbonyl (C=O) groups is 1. The van der Waals surface area contributed by atoms with Crippen molar-refractivity contribution >= 4 is 31.9 Å². The summed E-state index contributed by atoms with van der Waals surface area (Å²) < 4.78 is 40.7. The summed E-state index contributed by atoms with van der Waals surface area (Å²) in [5, 5.41) is 0. The zero-order valence-corrected chi connectivity index (χ0v) is 16.4. The van der Waals surface area contributed by atoms with Gasteiger partial charge in [0.2, 0.25) is 10.0 Å². The van der Waals surface area contributed by atoms with E-state index >= 15 is 0 Å². The van der Waals surface area contributed by atoms with Crippen LogP contribution in [0.2, 0.25) is 0 Å². The highest BCUT2D eigenvalue weighted by molar-refractivity contribution is 9.10. The maximum atomic E-state index is 13.9. The first-order valence-electron chi connectivity index (χ1n) is 7.39. The lowest BCUT2D eigenvalue weighted by atomic mass is 10.1. The second-order valence-electron chi connectivity index (χ2n) is 5.58. The minimum Gasteiger partial charge on any atom is -0.337 e. The van der Waals surface area contributed by atoms with Gasteiger partial charge in [-0.25, -0.2) is 17.5 Å². The monoisotopic (exact) mass is 428 g/mol. The highest BCUT2D eigenvalue weighted by atomic mass is 79.9. The van der Waals surface area contributed by atoms with Gasteiger partial charge in [0, 0.05) is 29.2 Å². The Morgan fingerprint density at radius 1 is 1.24 bits per heavy atom. The molecule has 25 heavy (non-hydrogen) atoms. The lowest BCUT2D eigenvalue weighted by Gasteiger charge is -2.19. The van der Waals surface area contributed by atoms with Crippen molar-refractivity contribution in [1.82, 2.24) is 9.62 Å². The lowest BCUT2D eigenvalue weighted by molar-refractivity contribution is 0.0783. The molecule has 0 saturated carbocycles. The third-order valence-corrected chi connectivity index (χ3v) is 5.69. The van der Waals surface area contributed by atoms with Crippen molar-refractivity contribution in [2.45, 2.75) is 18.4 Å². The van der Waals surface area contributed by atoms with Gasteiger partial charge in [0.25, 0.3) is 5.91 Å². The number of nitrogens with one attached hydrogen (secondary N) is 1. The average Bonchev–Trinajstić information content (AvgIpc) is 2.57. The van der Waals surface area contributed by atoms with E-state index in [1.165, 1.54) is 30.1 Å². The number of aryl methyl sites for hydroxylation is 1. The molecule has 1 N–H and O–H groups in total. The van der Waals surface area contributed by atoms with Gasteiger partial charge in [0.1, 0.15) is 5.82 Å². The second-order valence-corrected chi connectivity index (χ2v) is 8.38. The Bertz CT molecular complexity index is 916.